The van der Waals surface area contributed by atoms with Gasteiger partial charge in [0.05, 0.1) is 0 Å². The molecule has 172 valence electrons. The molecular weight excluding hydrogens is 419 g/mol. The molecule has 1 aliphatic carbocycles. The highest BCUT2D eigenvalue weighted by Crippen LogP contribution is 2.43. The number of halogens is 1. The van der Waals surface area contributed by atoms with Crippen molar-refractivity contribution in [3.05, 3.63) is 94.2 Å². The SMILES string of the molecule is CC(C)(C)c1ccc2c(c1)CC([Si](C)(C)c1ccccc1)=C(F)c1cc(C(C)(C)C)ccc1-2. The van der Waals surface area contributed by atoms with E-state index in [9.17, 15) is 0 Å². The number of benzene rings is 3. The largest absolute Gasteiger partial charge is 0.207 e. The first-order valence-corrected chi connectivity index (χ1v) is 15.0. The Morgan fingerprint density at radius 3 is 1.79 bits per heavy atom. The maximum atomic E-state index is 16.7. The van der Waals surface area contributed by atoms with Gasteiger partial charge in [0.15, 0.2) is 0 Å². The molecule has 0 radical (unpaired) electrons. The van der Waals surface area contributed by atoms with Crippen molar-refractivity contribution in [2.75, 3.05) is 0 Å². The molecule has 0 amide bonds. The van der Waals surface area contributed by atoms with Gasteiger partial charge in [-0.2, -0.15) is 0 Å². The maximum Gasteiger partial charge on any atom is 0.127 e. The molecule has 0 unspecified atom stereocenters. The minimum atomic E-state index is -2.23. The molecule has 0 spiro atoms. The monoisotopic (exact) mass is 456 g/mol. The fraction of sp³-hybridized carbons (Fsp3) is 0.355. The molecule has 4 rings (SSSR count). The molecule has 0 N–H and O–H groups in total. The molecule has 3 aromatic rings. The molecule has 0 heterocycles. The third kappa shape index (κ3) is 4.38. The van der Waals surface area contributed by atoms with Gasteiger partial charge < -0.3 is 0 Å². The summed E-state index contributed by atoms with van der Waals surface area (Å²) in [6, 6.07) is 23.8. The van der Waals surface area contributed by atoms with Gasteiger partial charge in [-0.25, -0.2) is 4.39 Å². The van der Waals surface area contributed by atoms with Crippen LogP contribution in [0.1, 0.15) is 63.8 Å². The van der Waals surface area contributed by atoms with Gasteiger partial charge in [0.2, 0.25) is 0 Å². The van der Waals surface area contributed by atoms with Gasteiger partial charge in [-0.3, -0.25) is 0 Å². The second kappa shape index (κ2) is 8.09. The lowest BCUT2D eigenvalue weighted by atomic mass is 9.82. The van der Waals surface area contributed by atoms with E-state index in [1.165, 1.54) is 27.4 Å². The average molecular weight is 457 g/mol. The lowest BCUT2D eigenvalue weighted by Crippen LogP contribution is -2.44. The lowest BCUT2D eigenvalue weighted by Gasteiger charge is -2.28. The van der Waals surface area contributed by atoms with Crippen LogP contribution in [0.3, 0.4) is 0 Å². The van der Waals surface area contributed by atoms with Crippen LogP contribution in [0.2, 0.25) is 13.1 Å². The van der Waals surface area contributed by atoms with Crippen LogP contribution < -0.4 is 5.19 Å². The Kier molecular flexibility index (Phi) is 5.81. The van der Waals surface area contributed by atoms with Gasteiger partial charge in [0.1, 0.15) is 13.9 Å². The summed E-state index contributed by atoms with van der Waals surface area (Å²) in [6.45, 7) is 17.9. The second-order valence-corrected chi connectivity index (χ2v) is 16.5. The Hall–Kier alpha value is -2.45. The Labute approximate surface area is 200 Å². The molecule has 2 heteroatoms. The van der Waals surface area contributed by atoms with Crippen LogP contribution in [0.25, 0.3) is 17.0 Å². The minimum Gasteiger partial charge on any atom is -0.207 e. The number of rotatable bonds is 2. The topological polar surface area (TPSA) is 0 Å². The molecular formula is C31H37FSi. The van der Waals surface area contributed by atoms with Crippen molar-refractivity contribution in [2.45, 2.75) is 71.9 Å². The minimum absolute atomic E-state index is 0.00914. The van der Waals surface area contributed by atoms with Gasteiger partial charge in [-0.15, -0.1) is 0 Å². The van der Waals surface area contributed by atoms with Crippen molar-refractivity contribution in [3.8, 4) is 11.1 Å². The van der Waals surface area contributed by atoms with Crippen LogP contribution in [-0.2, 0) is 17.3 Å². The zero-order valence-corrected chi connectivity index (χ0v) is 22.4. The number of fused-ring (bicyclic) bond motifs is 3. The Morgan fingerprint density at radius 1 is 0.667 bits per heavy atom. The van der Waals surface area contributed by atoms with Gasteiger partial charge in [0.25, 0.3) is 0 Å². The van der Waals surface area contributed by atoms with E-state index in [0.717, 1.165) is 16.3 Å². The van der Waals surface area contributed by atoms with E-state index in [2.05, 4.69) is 115 Å². The van der Waals surface area contributed by atoms with Crippen LogP contribution in [-0.4, -0.2) is 8.07 Å². The quantitative estimate of drug-likeness (QED) is 0.340. The first-order chi connectivity index (χ1) is 15.3. The first kappa shape index (κ1) is 23.7. The molecule has 33 heavy (non-hydrogen) atoms. The Morgan fingerprint density at radius 2 is 1.21 bits per heavy atom. The van der Waals surface area contributed by atoms with E-state index in [1.807, 2.05) is 6.07 Å². The predicted octanol–water partition coefficient (Wildman–Crippen LogP) is 8.34. The molecule has 0 atom stereocenters. The van der Waals surface area contributed by atoms with E-state index >= 15 is 4.39 Å². The van der Waals surface area contributed by atoms with Crippen LogP contribution in [0.4, 0.5) is 4.39 Å². The smallest absolute Gasteiger partial charge is 0.127 e. The predicted molar refractivity (Wildman–Crippen MR) is 145 cm³/mol. The van der Waals surface area contributed by atoms with Crippen molar-refractivity contribution >= 4 is 19.1 Å². The van der Waals surface area contributed by atoms with E-state index < -0.39 is 8.07 Å². The van der Waals surface area contributed by atoms with Crippen LogP contribution >= 0.6 is 0 Å². The number of hydrogen-bond acceptors (Lipinski definition) is 0. The fourth-order valence-electron chi connectivity index (χ4n) is 4.85. The summed E-state index contributed by atoms with van der Waals surface area (Å²) in [5, 5.41) is 2.27. The third-order valence-corrected chi connectivity index (χ3v) is 10.9. The van der Waals surface area contributed by atoms with Gasteiger partial charge >= 0.3 is 0 Å². The molecule has 0 bridgehead atoms. The number of hydrogen-bond donors (Lipinski definition) is 0. The summed E-state index contributed by atoms with van der Waals surface area (Å²) in [6.07, 6.45) is 0.665. The van der Waals surface area contributed by atoms with Crippen molar-refractivity contribution in [3.63, 3.8) is 0 Å². The van der Waals surface area contributed by atoms with E-state index in [1.54, 1.807) is 0 Å². The molecule has 0 aliphatic heterocycles. The highest BCUT2D eigenvalue weighted by atomic mass is 28.3. The zero-order chi connectivity index (χ0) is 24.2. The molecule has 0 saturated carbocycles. The Bertz CT molecular complexity index is 1220. The van der Waals surface area contributed by atoms with E-state index in [-0.39, 0.29) is 16.7 Å². The molecule has 0 saturated heterocycles. The third-order valence-electron chi connectivity index (χ3n) is 7.27. The van der Waals surface area contributed by atoms with Gasteiger partial charge in [0, 0.05) is 5.56 Å². The summed E-state index contributed by atoms with van der Waals surface area (Å²) in [4.78, 5) is 0. The molecule has 1 aliphatic rings. The zero-order valence-electron chi connectivity index (χ0n) is 21.4. The summed E-state index contributed by atoms with van der Waals surface area (Å²) in [5.41, 5.74) is 6.68. The van der Waals surface area contributed by atoms with Crippen molar-refractivity contribution in [2.24, 2.45) is 0 Å². The van der Waals surface area contributed by atoms with Crippen molar-refractivity contribution < 1.29 is 4.39 Å². The summed E-state index contributed by atoms with van der Waals surface area (Å²) in [5.74, 6) is -0.00914. The van der Waals surface area contributed by atoms with Gasteiger partial charge in [-0.1, -0.05) is 120 Å². The first-order valence-electron chi connectivity index (χ1n) is 12.0. The molecule has 0 nitrogen and oxygen atoms in total. The molecule has 0 aromatic heterocycles. The standard InChI is InChI=1S/C31H37FSi/c1-30(2,3)22-14-16-25-21(18-22)19-28(33(7,8)24-12-10-9-11-13-24)29(32)27-20-23(31(4,5)6)15-17-26(25)27/h9-18,20H,19H2,1-8H3. The van der Waals surface area contributed by atoms with Gasteiger partial charge in [-0.05, 0) is 56.3 Å². The summed E-state index contributed by atoms with van der Waals surface area (Å²) < 4.78 is 16.7. The fourth-order valence-corrected chi connectivity index (χ4v) is 7.54. The molecule has 0 fully saturated rings. The highest BCUT2D eigenvalue weighted by Gasteiger charge is 2.35. The van der Waals surface area contributed by atoms with E-state index in [0.29, 0.717) is 6.42 Å². The van der Waals surface area contributed by atoms with Crippen molar-refractivity contribution in [1.82, 2.24) is 0 Å². The molecule has 3 aromatic carbocycles. The van der Waals surface area contributed by atoms with Crippen LogP contribution in [0.15, 0.2) is 71.9 Å². The summed E-state index contributed by atoms with van der Waals surface area (Å²) >= 11 is 0. The van der Waals surface area contributed by atoms with Crippen LogP contribution in [0, 0.1) is 0 Å². The second-order valence-electron chi connectivity index (χ2n) is 12.1. The van der Waals surface area contributed by atoms with E-state index in [4.69, 9.17) is 0 Å². The summed E-state index contributed by atoms with van der Waals surface area (Å²) in [7, 11) is -2.23. The highest BCUT2D eigenvalue weighted by molar-refractivity contribution is 6.96. The average Bonchev–Trinajstić information content (AvgIpc) is 2.87. The lowest BCUT2D eigenvalue weighted by molar-refractivity contribution is 0.589. The normalized spacial score (nSPS) is 14.6. The maximum absolute atomic E-state index is 16.7. The van der Waals surface area contributed by atoms with Crippen LogP contribution in [0.5, 0.6) is 0 Å². The Balaban J connectivity index is 2.03. The number of allylic oxidation sites excluding steroid dienone is 1. The van der Waals surface area contributed by atoms with Crippen molar-refractivity contribution in [1.29, 1.82) is 0 Å².